The molecule has 1 fully saturated rings. The molecule has 21 heavy (non-hydrogen) atoms. The summed E-state index contributed by atoms with van der Waals surface area (Å²) >= 11 is 0. The van der Waals surface area contributed by atoms with Crippen LogP contribution in [0.3, 0.4) is 0 Å². The summed E-state index contributed by atoms with van der Waals surface area (Å²) in [6, 6.07) is 9.66. The van der Waals surface area contributed by atoms with Gasteiger partial charge in [0.25, 0.3) is 0 Å². The molecule has 1 aromatic rings. The van der Waals surface area contributed by atoms with E-state index < -0.39 is 0 Å². The molecule has 1 saturated heterocycles. The second-order valence-electron chi connectivity index (χ2n) is 6.89. The normalized spacial score (nSPS) is 21.1. The second-order valence-corrected chi connectivity index (χ2v) is 6.89. The van der Waals surface area contributed by atoms with Crippen molar-refractivity contribution in [1.29, 1.82) is 0 Å². The minimum Gasteiger partial charge on any atom is -0.312 e. The van der Waals surface area contributed by atoms with Gasteiger partial charge >= 0.3 is 0 Å². The van der Waals surface area contributed by atoms with Crippen molar-refractivity contribution in [1.82, 2.24) is 10.2 Å². The third-order valence-electron chi connectivity index (χ3n) is 4.96. The van der Waals surface area contributed by atoms with Crippen LogP contribution in [0.2, 0.25) is 0 Å². The Morgan fingerprint density at radius 3 is 2.48 bits per heavy atom. The Labute approximate surface area is 130 Å². The van der Waals surface area contributed by atoms with Gasteiger partial charge in [-0.25, -0.2) is 0 Å². The molecule has 1 N–H and O–H groups in total. The van der Waals surface area contributed by atoms with Crippen molar-refractivity contribution in [3.05, 3.63) is 35.4 Å². The molecule has 1 heterocycles. The predicted molar refractivity (Wildman–Crippen MR) is 91.6 cm³/mol. The molecule has 118 valence electrons. The minimum absolute atomic E-state index is 0.451. The summed E-state index contributed by atoms with van der Waals surface area (Å²) in [7, 11) is 2.08. The fourth-order valence-corrected chi connectivity index (χ4v) is 3.40. The highest BCUT2D eigenvalue weighted by Gasteiger charge is 2.26. The van der Waals surface area contributed by atoms with Gasteiger partial charge in [-0.3, -0.25) is 0 Å². The molecule has 0 amide bonds. The van der Waals surface area contributed by atoms with Gasteiger partial charge in [0.15, 0.2) is 0 Å². The summed E-state index contributed by atoms with van der Waals surface area (Å²) in [5.41, 5.74) is 2.88. The highest BCUT2D eigenvalue weighted by Crippen LogP contribution is 2.25. The fraction of sp³-hybridized carbons (Fsp3) is 0.684. The van der Waals surface area contributed by atoms with Crippen LogP contribution in [-0.4, -0.2) is 31.6 Å². The Morgan fingerprint density at radius 1 is 1.24 bits per heavy atom. The van der Waals surface area contributed by atoms with Crippen molar-refractivity contribution in [3.63, 3.8) is 0 Å². The van der Waals surface area contributed by atoms with Crippen LogP contribution in [0.1, 0.15) is 50.8 Å². The average Bonchev–Trinajstić information content (AvgIpc) is 2.95. The lowest BCUT2D eigenvalue weighted by Gasteiger charge is -2.24. The minimum atomic E-state index is 0.451. The zero-order valence-electron chi connectivity index (χ0n) is 14.2. The molecule has 2 unspecified atom stereocenters. The molecule has 0 radical (unpaired) electrons. The van der Waals surface area contributed by atoms with E-state index in [4.69, 9.17) is 0 Å². The van der Waals surface area contributed by atoms with E-state index in [0.29, 0.717) is 6.04 Å². The molecule has 2 nitrogen and oxygen atoms in total. The van der Waals surface area contributed by atoms with Gasteiger partial charge in [-0.1, -0.05) is 51.5 Å². The quantitative estimate of drug-likeness (QED) is 0.819. The van der Waals surface area contributed by atoms with Crippen LogP contribution in [0, 0.1) is 11.8 Å². The Morgan fingerprint density at radius 2 is 1.95 bits per heavy atom. The van der Waals surface area contributed by atoms with Gasteiger partial charge in [0.1, 0.15) is 0 Å². The highest BCUT2D eigenvalue weighted by atomic mass is 15.2. The Bertz CT molecular complexity index is 410. The highest BCUT2D eigenvalue weighted by molar-refractivity contribution is 5.25. The smallest absolute Gasteiger partial charge is 0.0446 e. The van der Waals surface area contributed by atoms with Crippen molar-refractivity contribution >= 4 is 0 Å². The number of nitrogens with zero attached hydrogens (tertiary/aromatic N) is 1. The zero-order chi connectivity index (χ0) is 15.2. The first kappa shape index (κ1) is 16.5. The topological polar surface area (TPSA) is 15.3 Å². The molecule has 0 bridgehead atoms. The standard InChI is InChI=1S/C19H32N2/c1-5-6-16-7-9-17(10-8-16)19(20-4)14-21-12-11-18(13-21)15(2)3/h7-10,15,18-20H,5-6,11-14H2,1-4H3. The van der Waals surface area contributed by atoms with Gasteiger partial charge in [-0.05, 0) is 49.4 Å². The van der Waals surface area contributed by atoms with E-state index in [2.05, 4.69) is 62.3 Å². The van der Waals surface area contributed by atoms with Crippen LogP contribution in [-0.2, 0) is 6.42 Å². The maximum absolute atomic E-state index is 3.50. The molecule has 1 aliphatic rings. The lowest BCUT2D eigenvalue weighted by Crippen LogP contribution is -2.32. The van der Waals surface area contributed by atoms with Gasteiger partial charge < -0.3 is 10.2 Å². The molecule has 0 aromatic heterocycles. The van der Waals surface area contributed by atoms with Gasteiger partial charge in [0.2, 0.25) is 0 Å². The first-order valence-corrected chi connectivity index (χ1v) is 8.62. The lowest BCUT2D eigenvalue weighted by atomic mass is 9.95. The van der Waals surface area contributed by atoms with Gasteiger partial charge in [-0.2, -0.15) is 0 Å². The molecular weight excluding hydrogens is 256 g/mol. The van der Waals surface area contributed by atoms with Crippen molar-refractivity contribution < 1.29 is 0 Å². The first-order chi connectivity index (χ1) is 10.1. The lowest BCUT2D eigenvalue weighted by molar-refractivity contribution is 0.275. The predicted octanol–water partition coefficient (Wildman–Crippen LogP) is 3.88. The van der Waals surface area contributed by atoms with Crippen LogP contribution in [0.25, 0.3) is 0 Å². The van der Waals surface area contributed by atoms with Gasteiger partial charge in [0.05, 0.1) is 0 Å². The van der Waals surface area contributed by atoms with E-state index in [1.165, 1.54) is 43.5 Å². The largest absolute Gasteiger partial charge is 0.312 e. The number of likely N-dealkylation sites (tertiary alicyclic amines) is 1. The van der Waals surface area contributed by atoms with E-state index in [1.54, 1.807) is 0 Å². The molecule has 1 aliphatic heterocycles. The number of likely N-dealkylation sites (N-methyl/N-ethyl adjacent to an activating group) is 1. The maximum atomic E-state index is 3.50. The number of nitrogens with one attached hydrogen (secondary N) is 1. The maximum Gasteiger partial charge on any atom is 0.0446 e. The van der Waals surface area contributed by atoms with Gasteiger partial charge in [0, 0.05) is 19.1 Å². The summed E-state index contributed by atoms with van der Waals surface area (Å²) in [6.07, 6.45) is 3.77. The molecule has 0 spiro atoms. The van der Waals surface area contributed by atoms with E-state index in [-0.39, 0.29) is 0 Å². The number of hydrogen-bond donors (Lipinski definition) is 1. The number of benzene rings is 1. The molecule has 1 aromatic carbocycles. The number of aryl methyl sites for hydroxylation is 1. The van der Waals surface area contributed by atoms with E-state index in [0.717, 1.165) is 18.4 Å². The third-order valence-corrected chi connectivity index (χ3v) is 4.96. The molecular formula is C19H32N2. The number of hydrogen-bond acceptors (Lipinski definition) is 2. The van der Waals surface area contributed by atoms with Crippen molar-refractivity contribution in [3.8, 4) is 0 Å². The Hall–Kier alpha value is -0.860. The SMILES string of the molecule is CCCc1ccc(C(CN2CCC(C(C)C)C2)NC)cc1. The molecule has 2 rings (SSSR count). The van der Waals surface area contributed by atoms with Crippen LogP contribution in [0.5, 0.6) is 0 Å². The monoisotopic (exact) mass is 288 g/mol. The van der Waals surface area contributed by atoms with Crippen LogP contribution in [0.4, 0.5) is 0 Å². The second kappa shape index (κ2) is 7.95. The van der Waals surface area contributed by atoms with Crippen LogP contribution < -0.4 is 5.32 Å². The van der Waals surface area contributed by atoms with E-state index >= 15 is 0 Å². The van der Waals surface area contributed by atoms with Crippen molar-refractivity contribution in [2.24, 2.45) is 11.8 Å². The van der Waals surface area contributed by atoms with Gasteiger partial charge in [-0.15, -0.1) is 0 Å². The number of rotatable bonds is 7. The summed E-state index contributed by atoms with van der Waals surface area (Å²) < 4.78 is 0. The van der Waals surface area contributed by atoms with Crippen molar-refractivity contribution in [2.75, 3.05) is 26.7 Å². The zero-order valence-corrected chi connectivity index (χ0v) is 14.2. The van der Waals surface area contributed by atoms with E-state index in [1.807, 2.05) is 0 Å². The molecule has 0 saturated carbocycles. The molecule has 2 atom stereocenters. The molecule has 2 heteroatoms. The first-order valence-electron chi connectivity index (χ1n) is 8.62. The van der Waals surface area contributed by atoms with E-state index in [9.17, 15) is 0 Å². The Balaban J connectivity index is 1.93. The summed E-state index contributed by atoms with van der Waals surface area (Å²) in [5.74, 6) is 1.70. The van der Waals surface area contributed by atoms with Crippen LogP contribution >= 0.6 is 0 Å². The Kier molecular flexibility index (Phi) is 6.25. The molecule has 0 aliphatic carbocycles. The van der Waals surface area contributed by atoms with Crippen LogP contribution in [0.15, 0.2) is 24.3 Å². The average molecular weight is 288 g/mol. The summed E-state index contributed by atoms with van der Waals surface area (Å²) in [5, 5.41) is 3.50. The van der Waals surface area contributed by atoms with Crippen molar-refractivity contribution in [2.45, 2.75) is 46.1 Å². The summed E-state index contributed by atoms with van der Waals surface area (Å²) in [6.45, 7) is 10.6. The summed E-state index contributed by atoms with van der Waals surface area (Å²) in [4.78, 5) is 2.63. The third kappa shape index (κ3) is 4.55. The fourth-order valence-electron chi connectivity index (χ4n) is 3.40.